The molecule has 0 bridgehead atoms. The molecule has 0 fully saturated rings. The zero-order chi connectivity index (χ0) is 20.3. The third-order valence-electron chi connectivity index (χ3n) is 4.81. The average Bonchev–Trinajstić information content (AvgIpc) is 2.62. The first kappa shape index (κ1) is 25.4. The van der Waals surface area contributed by atoms with Crippen molar-refractivity contribution in [1.29, 1.82) is 0 Å². The summed E-state index contributed by atoms with van der Waals surface area (Å²) in [5, 5.41) is 17.5. The van der Waals surface area contributed by atoms with Crippen LogP contribution in [0, 0.1) is 0 Å². The van der Waals surface area contributed by atoms with Gasteiger partial charge in [0.15, 0.2) is 5.78 Å². The Kier molecular flexibility index (Phi) is 16.7. The third kappa shape index (κ3) is 16.3. The lowest BCUT2D eigenvalue weighted by molar-refractivity contribution is -0.137. The van der Waals surface area contributed by atoms with Crippen molar-refractivity contribution in [2.24, 2.45) is 0 Å². The lowest BCUT2D eigenvalue weighted by Gasteiger charge is -2.04. The number of carboxylic acid groups (broad SMARTS) is 2. The zero-order valence-electron chi connectivity index (χ0n) is 17.0. The van der Waals surface area contributed by atoms with E-state index in [-0.39, 0.29) is 6.42 Å². The second kappa shape index (κ2) is 17.7. The molecule has 27 heavy (non-hydrogen) atoms. The van der Waals surface area contributed by atoms with Gasteiger partial charge in [-0.15, -0.1) is 0 Å². The van der Waals surface area contributed by atoms with E-state index in [9.17, 15) is 14.4 Å². The number of unbranched alkanes of at least 4 members (excludes halogenated alkanes) is 14. The Morgan fingerprint density at radius 3 is 1.33 bits per heavy atom. The van der Waals surface area contributed by atoms with Crippen molar-refractivity contribution in [1.82, 2.24) is 0 Å². The van der Waals surface area contributed by atoms with Crippen molar-refractivity contribution >= 4 is 17.7 Å². The number of hydrogen-bond acceptors (Lipinski definition) is 3. The molecule has 0 aliphatic heterocycles. The smallest absolute Gasteiger partial charge is 0.339 e. The first-order chi connectivity index (χ1) is 13.0. The van der Waals surface area contributed by atoms with E-state index >= 15 is 0 Å². The fourth-order valence-corrected chi connectivity index (χ4v) is 3.18. The standard InChI is InChI=1S/C22H38O5/c1-2-3-4-5-6-7-8-9-10-11-12-13-14-15-16-17-20(23)19(22(26)27)18-21(24)25/h18H,2-17H2,1H3,(H,24,25)(H,26,27)/b19-18-. The fourth-order valence-electron chi connectivity index (χ4n) is 3.18. The molecule has 0 aromatic heterocycles. The van der Waals surface area contributed by atoms with Crippen molar-refractivity contribution in [3.8, 4) is 0 Å². The number of aliphatic carboxylic acids is 2. The highest BCUT2D eigenvalue weighted by atomic mass is 16.4. The number of hydrogen-bond donors (Lipinski definition) is 2. The summed E-state index contributed by atoms with van der Waals surface area (Å²) in [6.45, 7) is 2.24. The molecule has 0 saturated heterocycles. The largest absolute Gasteiger partial charge is 0.478 e. The van der Waals surface area contributed by atoms with E-state index in [2.05, 4.69) is 6.92 Å². The van der Waals surface area contributed by atoms with Gasteiger partial charge in [0.25, 0.3) is 0 Å². The van der Waals surface area contributed by atoms with Crippen LogP contribution in [-0.2, 0) is 14.4 Å². The van der Waals surface area contributed by atoms with Gasteiger partial charge >= 0.3 is 11.9 Å². The molecule has 156 valence electrons. The lowest BCUT2D eigenvalue weighted by Crippen LogP contribution is -2.14. The van der Waals surface area contributed by atoms with Crippen LogP contribution in [0.15, 0.2) is 11.6 Å². The van der Waals surface area contributed by atoms with Gasteiger partial charge in [0.2, 0.25) is 0 Å². The maximum Gasteiger partial charge on any atom is 0.339 e. The van der Waals surface area contributed by atoms with Crippen molar-refractivity contribution in [3.05, 3.63) is 11.6 Å². The molecule has 0 aromatic rings. The molecular formula is C22H38O5. The minimum atomic E-state index is -1.47. The molecular weight excluding hydrogens is 344 g/mol. The lowest BCUT2D eigenvalue weighted by atomic mass is 10.0. The molecule has 0 heterocycles. The van der Waals surface area contributed by atoms with E-state index in [0.717, 1.165) is 19.3 Å². The monoisotopic (exact) mass is 382 g/mol. The highest BCUT2D eigenvalue weighted by Gasteiger charge is 2.18. The van der Waals surface area contributed by atoms with E-state index in [1.54, 1.807) is 0 Å². The second-order valence-corrected chi connectivity index (χ2v) is 7.32. The molecule has 0 rings (SSSR count). The van der Waals surface area contributed by atoms with Crippen LogP contribution in [0.3, 0.4) is 0 Å². The Balaban J connectivity index is 3.48. The summed E-state index contributed by atoms with van der Waals surface area (Å²) < 4.78 is 0. The summed E-state index contributed by atoms with van der Waals surface area (Å²) in [7, 11) is 0. The Morgan fingerprint density at radius 1 is 0.630 bits per heavy atom. The summed E-state index contributed by atoms with van der Waals surface area (Å²) in [4.78, 5) is 33.2. The zero-order valence-corrected chi connectivity index (χ0v) is 17.0. The molecule has 0 atom stereocenters. The summed E-state index contributed by atoms with van der Waals surface area (Å²) >= 11 is 0. The minimum absolute atomic E-state index is 0.101. The van der Waals surface area contributed by atoms with Gasteiger partial charge in [-0.3, -0.25) is 4.79 Å². The van der Waals surface area contributed by atoms with Crippen LogP contribution in [-0.4, -0.2) is 27.9 Å². The van der Waals surface area contributed by atoms with Crippen LogP contribution < -0.4 is 0 Å². The second-order valence-electron chi connectivity index (χ2n) is 7.32. The highest BCUT2D eigenvalue weighted by molar-refractivity contribution is 6.19. The molecule has 0 spiro atoms. The molecule has 0 radical (unpaired) electrons. The normalized spacial score (nSPS) is 11.5. The van der Waals surface area contributed by atoms with E-state index in [0.29, 0.717) is 12.5 Å². The number of rotatable bonds is 19. The van der Waals surface area contributed by atoms with Crippen LogP contribution in [0.5, 0.6) is 0 Å². The summed E-state index contributed by atoms with van der Waals surface area (Å²) in [6.07, 6.45) is 18.9. The van der Waals surface area contributed by atoms with E-state index in [1.807, 2.05) is 0 Å². The van der Waals surface area contributed by atoms with Gasteiger partial charge in [0.05, 0.1) is 0 Å². The van der Waals surface area contributed by atoms with Crippen molar-refractivity contribution < 1.29 is 24.6 Å². The predicted molar refractivity (Wildman–Crippen MR) is 108 cm³/mol. The van der Waals surface area contributed by atoms with Crippen LogP contribution in [0.4, 0.5) is 0 Å². The molecule has 0 amide bonds. The van der Waals surface area contributed by atoms with E-state index in [4.69, 9.17) is 10.2 Å². The number of Topliss-reactive ketones (excluding diaryl/α,β-unsaturated/α-hetero) is 1. The van der Waals surface area contributed by atoms with Gasteiger partial charge in [-0.25, -0.2) is 9.59 Å². The van der Waals surface area contributed by atoms with Crippen LogP contribution in [0.25, 0.3) is 0 Å². The molecule has 0 aliphatic rings. The van der Waals surface area contributed by atoms with Crippen LogP contribution in [0.1, 0.15) is 110 Å². The first-order valence-corrected chi connectivity index (χ1v) is 10.7. The highest BCUT2D eigenvalue weighted by Crippen LogP contribution is 2.14. The maximum absolute atomic E-state index is 11.7. The number of carbonyl (C=O) groups is 3. The number of ketones is 1. The quantitative estimate of drug-likeness (QED) is 0.125. The van der Waals surface area contributed by atoms with Crippen molar-refractivity contribution in [2.75, 3.05) is 0 Å². The molecule has 0 unspecified atom stereocenters. The fraction of sp³-hybridized carbons (Fsp3) is 0.773. The maximum atomic E-state index is 11.7. The van der Waals surface area contributed by atoms with Crippen LogP contribution >= 0.6 is 0 Å². The molecule has 2 N–H and O–H groups in total. The van der Waals surface area contributed by atoms with Crippen LogP contribution in [0.2, 0.25) is 0 Å². The number of carboxylic acids is 2. The van der Waals surface area contributed by atoms with Gasteiger partial charge in [0, 0.05) is 12.5 Å². The van der Waals surface area contributed by atoms with Crippen molar-refractivity contribution in [2.45, 2.75) is 110 Å². The molecule has 5 heteroatoms. The summed E-state index contributed by atoms with van der Waals surface area (Å²) in [5.41, 5.74) is -0.632. The molecule has 5 nitrogen and oxygen atoms in total. The minimum Gasteiger partial charge on any atom is -0.478 e. The first-order valence-electron chi connectivity index (χ1n) is 10.7. The summed E-state index contributed by atoms with van der Waals surface area (Å²) in [5.74, 6) is -3.47. The van der Waals surface area contributed by atoms with Gasteiger partial charge < -0.3 is 10.2 Å². The summed E-state index contributed by atoms with van der Waals surface area (Å²) in [6, 6.07) is 0. The van der Waals surface area contributed by atoms with Crippen molar-refractivity contribution in [3.63, 3.8) is 0 Å². The topological polar surface area (TPSA) is 91.7 Å². The Labute approximate surface area is 164 Å². The van der Waals surface area contributed by atoms with E-state index < -0.39 is 23.3 Å². The average molecular weight is 383 g/mol. The molecule has 0 aromatic carbocycles. The van der Waals surface area contributed by atoms with Gasteiger partial charge in [0.1, 0.15) is 5.57 Å². The molecule has 0 aliphatic carbocycles. The third-order valence-corrected chi connectivity index (χ3v) is 4.81. The SMILES string of the molecule is CCCCCCCCCCCCCCCCCC(=O)/C(=C/C(=O)O)C(=O)O. The Morgan fingerprint density at radius 2 is 1.00 bits per heavy atom. The molecule has 0 saturated carbocycles. The number of carbonyl (C=O) groups excluding carboxylic acids is 1. The predicted octanol–water partition coefficient (Wildman–Crippen LogP) is 5.91. The van der Waals surface area contributed by atoms with E-state index in [1.165, 1.54) is 70.6 Å². The van der Waals surface area contributed by atoms with Gasteiger partial charge in [-0.1, -0.05) is 96.8 Å². The van der Waals surface area contributed by atoms with Gasteiger partial charge in [-0.05, 0) is 6.42 Å². The Hall–Kier alpha value is -1.65. The van der Waals surface area contributed by atoms with Gasteiger partial charge in [-0.2, -0.15) is 0 Å². The Bertz CT molecular complexity index is 454.